The fourth-order valence-electron chi connectivity index (χ4n) is 1.99. The second-order valence-corrected chi connectivity index (χ2v) is 4.71. The number of oxazole rings is 1. The Morgan fingerprint density at radius 3 is 2.67 bits per heavy atom. The lowest BCUT2D eigenvalue weighted by Gasteiger charge is -2.07. The van der Waals surface area contributed by atoms with E-state index < -0.39 is 0 Å². The summed E-state index contributed by atoms with van der Waals surface area (Å²) in [5.41, 5.74) is 1.09. The van der Waals surface area contributed by atoms with E-state index in [9.17, 15) is 0 Å². The maximum absolute atomic E-state index is 9.10. The lowest BCUT2D eigenvalue weighted by atomic mass is 10.2. The van der Waals surface area contributed by atoms with Crippen molar-refractivity contribution in [3.8, 4) is 17.6 Å². The highest BCUT2D eigenvalue weighted by molar-refractivity contribution is 5.68. The van der Waals surface area contributed by atoms with E-state index in [-0.39, 0.29) is 5.69 Å². The molecule has 0 bridgehead atoms. The zero-order chi connectivity index (χ0) is 17.4. The van der Waals surface area contributed by atoms with Gasteiger partial charge < -0.3 is 23.9 Å². The van der Waals surface area contributed by atoms with E-state index in [0.29, 0.717) is 36.4 Å². The summed E-state index contributed by atoms with van der Waals surface area (Å²) in [6.45, 7) is 1.03. The summed E-state index contributed by atoms with van der Waals surface area (Å²) in [5, 5.41) is 12.1. The zero-order valence-electron chi connectivity index (χ0n) is 13.8. The van der Waals surface area contributed by atoms with Crippen LogP contribution in [0.15, 0.2) is 22.6 Å². The number of nitriles is 1. The molecule has 1 aromatic carbocycles. The molecule has 24 heavy (non-hydrogen) atoms. The molecule has 0 unspecified atom stereocenters. The van der Waals surface area contributed by atoms with Crippen LogP contribution in [0.4, 0.5) is 5.88 Å². The van der Waals surface area contributed by atoms with Crippen LogP contribution in [0.1, 0.15) is 17.1 Å². The number of hydrogen-bond donors (Lipinski definition) is 1. The van der Waals surface area contributed by atoms with Crippen LogP contribution in [0.2, 0.25) is 0 Å². The van der Waals surface area contributed by atoms with Crippen molar-refractivity contribution in [1.29, 1.82) is 5.26 Å². The van der Waals surface area contributed by atoms with E-state index in [2.05, 4.69) is 10.3 Å². The summed E-state index contributed by atoms with van der Waals surface area (Å²) in [6.07, 6.45) is 3.50. The van der Waals surface area contributed by atoms with Crippen LogP contribution in [-0.4, -0.2) is 39.5 Å². The minimum Gasteiger partial charge on any atom is -0.493 e. The van der Waals surface area contributed by atoms with Crippen molar-refractivity contribution in [2.75, 3.05) is 39.8 Å². The lowest BCUT2D eigenvalue weighted by Crippen LogP contribution is -2.07. The number of rotatable bonds is 8. The highest BCUT2D eigenvalue weighted by Gasteiger charge is 2.10. The Morgan fingerprint density at radius 2 is 2.00 bits per heavy atom. The van der Waals surface area contributed by atoms with Gasteiger partial charge in [0.2, 0.25) is 17.5 Å². The van der Waals surface area contributed by atoms with Gasteiger partial charge in [0.25, 0.3) is 0 Å². The van der Waals surface area contributed by atoms with Crippen LogP contribution in [0, 0.1) is 11.3 Å². The predicted octanol–water partition coefficient (Wildman–Crippen LogP) is 2.79. The first kappa shape index (κ1) is 17.4. The molecule has 1 heterocycles. The van der Waals surface area contributed by atoms with Crippen molar-refractivity contribution in [3.63, 3.8) is 0 Å². The SMILES string of the molecule is COCCNc1oc(C=Cc2ccc(OC)c(OC)c2)nc1C#N. The lowest BCUT2D eigenvalue weighted by molar-refractivity contribution is 0.210. The Bertz CT molecular complexity index is 747. The fourth-order valence-corrected chi connectivity index (χ4v) is 1.99. The first-order valence-corrected chi connectivity index (χ1v) is 7.25. The van der Waals surface area contributed by atoms with Gasteiger partial charge in [-0.15, -0.1) is 0 Å². The number of nitrogens with zero attached hydrogens (tertiary/aromatic N) is 2. The quantitative estimate of drug-likeness (QED) is 0.745. The summed E-state index contributed by atoms with van der Waals surface area (Å²) < 4.78 is 20.9. The molecular weight excluding hydrogens is 310 g/mol. The topological polar surface area (TPSA) is 89.5 Å². The molecule has 0 saturated heterocycles. The standard InChI is InChI=1S/C17H19N3O4/c1-21-9-8-19-17-13(11-18)20-16(24-17)7-5-12-4-6-14(22-2)15(10-12)23-3/h4-7,10,19H,8-9H2,1-3H3. The van der Waals surface area contributed by atoms with Crippen molar-refractivity contribution < 1.29 is 18.6 Å². The molecule has 1 aromatic heterocycles. The Morgan fingerprint density at radius 1 is 1.21 bits per heavy atom. The number of methoxy groups -OCH3 is 3. The zero-order valence-corrected chi connectivity index (χ0v) is 13.8. The molecule has 0 aliphatic carbocycles. The van der Waals surface area contributed by atoms with E-state index in [4.69, 9.17) is 23.9 Å². The minimum atomic E-state index is 0.207. The molecule has 7 heteroatoms. The monoisotopic (exact) mass is 329 g/mol. The van der Waals surface area contributed by atoms with Crippen molar-refractivity contribution >= 4 is 18.0 Å². The molecule has 2 rings (SSSR count). The third kappa shape index (κ3) is 4.27. The largest absolute Gasteiger partial charge is 0.493 e. The molecule has 0 saturated carbocycles. The normalized spacial score (nSPS) is 10.6. The number of anilines is 1. The van der Waals surface area contributed by atoms with Crippen LogP contribution in [0.3, 0.4) is 0 Å². The second kappa shape index (κ2) is 8.60. The van der Waals surface area contributed by atoms with E-state index in [1.54, 1.807) is 27.4 Å². The molecule has 0 amide bonds. The average Bonchev–Trinajstić information content (AvgIpc) is 3.02. The third-order valence-electron chi connectivity index (χ3n) is 3.17. The molecule has 0 atom stereocenters. The Kier molecular flexibility index (Phi) is 6.23. The third-order valence-corrected chi connectivity index (χ3v) is 3.17. The van der Waals surface area contributed by atoms with Crippen molar-refractivity contribution in [2.24, 2.45) is 0 Å². The van der Waals surface area contributed by atoms with Crippen LogP contribution < -0.4 is 14.8 Å². The fraction of sp³-hybridized carbons (Fsp3) is 0.294. The number of aromatic nitrogens is 1. The number of benzene rings is 1. The van der Waals surface area contributed by atoms with Crippen LogP contribution in [0.5, 0.6) is 11.5 Å². The average molecular weight is 329 g/mol. The van der Waals surface area contributed by atoms with E-state index in [1.807, 2.05) is 30.3 Å². The first-order valence-electron chi connectivity index (χ1n) is 7.25. The van der Waals surface area contributed by atoms with E-state index in [1.165, 1.54) is 0 Å². The van der Waals surface area contributed by atoms with Gasteiger partial charge in [-0.1, -0.05) is 6.07 Å². The van der Waals surface area contributed by atoms with Crippen molar-refractivity contribution in [2.45, 2.75) is 0 Å². The first-order chi connectivity index (χ1) is 11.7. The number of nitrogens with one attached hydrogen (secondary N) is 1. The highest BCUT2D eigenvalue weighted by atomic mass is 16.5. The van der Waals surface area contributed by atoms with Gasteiger partial charge in [0.05, 0.1) is 20.8 Å². The summed E-state index contributed by atoms with van der Waals surface area (Å²) in [7, 11) is 4.77. The minimum absolute atomic E-state index is 0.207. The summed E-state index contributed by atoms with van der Waals surface area (Å²) >= 11 is 0. The molecule has 0 fully saturated rings. The Hall–Kier alpha value is -2.98. The molecule has 0 spiro atoms. The maximum atomic E-state index is 9.10. The molecule has 1 N–H and O–H groups in total. The number of ether oxygens (including phenoxy) is 3. The maximum Gasteiger partial charge on any atom is 0.232 e. The molecule has 0 aliphatic rings. The van der Waals surface area contributed by atoms with Crippen LogP contribution in [-0.2, 0) is 4.74 Å². The van der Waals surface area contributed by atoms with Crippen molar-refractivity contribution in [1.82, 2.24) is 4.98 Å². The van der Waals surface area contributed by atoms with Gasteiger partial charge in [-0.25, -0.2) is 0 Å². The summed E-state index contributed by atoms with van der Waals surface area (Å²) in [4.78, 5) is 4.12. The molecular formula is C17H19N3O4. The Labute approximate surface area is 140 Å². The van der Waals surface area contributed by atoms with Gasteiger partial charge >= 0.3 is 0 Å². The van der Waals surface area contributed by atoms with E-state index in [0.717, 1.165) is 5.56 Å². The van der Waals surface area contributed by atoms with Gasteiger partial charge in [0, 0.05) is 19.7 Å². The van der Waals surface area contributed by atoms with Gasteiger partial charge in [-0.3, -0.25) is 0 Å². The molecule has 0 radical (unpaired) electrons. The predicted molar refractivity (Wildman–Crippen MR) is 90.1 cm³/mol. The van der Waals surface area contributed by atoms with E-state index >= 15 is 0 Å². The van der Waals surface area contributed by atoms with Gasteiger partial charge in [-0.2, -0.15) is 10.2 Å². The number of hydrogen-bond acceptors (Lipinski definition) is 7. The molecule has 7 nitrogen and oxygen atoms in total. The van der Waals surface area contributed by atoms with Gasteiger partial charge in [0.1, 0.15) is 6.07 Å². The van der Waals surface area contributed by atoms with Gasteiger partial charge in [0.15, 0.2) is 11.5 Å². The summed E-state index contributed by atoms with van der Waals surface area (Å²) in [6, 6.07) is 7.52. The highest BCUT2D eigenvalue weighted by Crippen LogP contribution is 2.28. The second-order valence-electron chi connectivity index (χ2n) is 4.71. The van der Waals surface area contributed by atoms with Crippen molar-refractivity contribution in [3.05, 3.63) is 35.3 Å². The smallest absolute Gasteiger partial charge is 0.232 e. The molecule has 2 aromatic rings. The van der Waals surface area contributed by atoms with Crippen LogP contribution >= 0.6 is 0 Å². The molecule has 126 valence electrons. The van der Waals surface area contributed by atoms with Crippen LogP contribution in [0.25, 0.3) is 12.2 Å². The van der Waals surface area contributed by atoms with Gasteiger partial charge in [-0.05, 0) is 23.8 Å². The summed E-state index contributed by atoms with van der Waals surface area (Å²) in [5.74, 6) is 1.96. The Balaban J connectivity index is 2.15. The molecule has 0 aliphatic heterocycles.